The largest absolute Gasteiger partial charge is 0.406 e. The van der Waals surface area contributed by atoms with Gasteiger partial charge >= 0.3 is 7.75 Å². The first-order chi connectivity index (χ1) is 15.6. The van der Waals surface area contributed by atoms with Gasteiger partial charge in [0.2, 0.25) is 5.91 Å². The maximum atomic E-state index is 13.3. The normalized spacial score (nSPS) is 13.2. The zero-order valence-electron chi connectivity index (χ0n) is 20.4. The molecule has 1 amide bonds. The van der Waals surface area contributed by atoms with Crippen molar-refractivity contribution in [3.63, 3.8) is 0 Å². The highest BCUT2D eigenvalue weighted by Crippen LogP contribution is 2.47. The van der Waals surface area contributed by atoms with Gasteiger partial charge in [-0.2, -0.15) is 0 Å². The predicted molar refractivity (Wildman–Crippen MR) is 137 cm³/mol. The van der Waals surface area contributed by atoms with E-state index in [4.69, 9.17) is 9.05 Å². The highest BCUT2D eigenvalue weighted by molar-refractivity contribution is 7.51. The summed E-state index contributed by atoms with van der Waals surface area (Å²) in [5, 5.41) is 5.80. The minimum atomic E-state index is -3.67. The van der Waals surface area contributed by atoms with E-state index in [-0.39, 0.29) is 24.0 Å². The van der Waals surface area contributed by atoms with Crippen LogP contribution in [0.1, 0.15) is 59.1 Å². The van der Waals surface area contributed by atoms with Crippen molar-refractivity contribution in [3.8, 4) is 0 Å². The Morgan fingerprint density at radius 2 is 1.36 bits per heavy atom. The fourth-order valence-corrected chi connectivity index (χ4v) is 5.07. The number of rotatable bonds is 12. The van der Waals surface area contributed by atoms with Crippen LogP contribution in [0, 0.1) is 5.92 Å². The van der Waals surface area contributed by atoms with E-state index in [1.54, 1.807) is 27.7 Å². The number of carbonyl (C=O) groups is 1. The zero-order valence-corrected chi connectivity index (χ0v) is 21.3. The second kappa shape index (κ2) is 12.9. The minimum Gasteiger partial charge on any atom is -0.325 e. The first kappa shape index (κ1) is 27.0. The fraction of sp³-hybridized carbons (Fsp3) is 0.423. The molecule has 0 bridgehead atoms. The number of anilines is 1. The van der Waals surface area contributed by atoms with Crippen molar-refractivity contribution < 1.29 is 18.4 Å². The molecule has 2 N–H and O–H groups in total. The Morgan fingerprint density at radius 1 is 0.848 bits per heavy atom. The SMILES string of the molecule is CC(C)C[C@H](NP(=O)(OC(C)C)OC(C)C)C(=O)Nc1ccc(/C=C/c2ccccc2)cc1. The van der Waals surface area contributed by atoms with Gasteiger partial charge < -0.3 is 5.32 Å². The van der Waals surface area contributed by atoms with Crippen LogP contribution in [0.2, 0.25) is 0 Å². The van der Waals surface area contributed by atoms with E-state index in [1.807, 2.05) is 80.6 Å². The summed E-state index contributed by atoms with van der Waals surface area (Å²) < 4.78 is 24.4. The van der Waals surface area contributed by atoms with E-state index in [2.05, 4.69) is 10.4 Å². The molecular weight excluding hydrogens is 435 g/mol. The monoisotopic (exact) mass is 472 g/mol. The van der Waals surface area contributed by atoms with E-state index in [0.29, 0.717) is 12.1 Å². The Labute approximate surface area is 198 Å². The minimum absolute atomic E-state index is 0.199. The van der Waals surface area contributed by atoms with E-state index < -0.39 is 13.8 Å². The first-order valence-electron chi connectivity index (χ1n) is 11.4. The first-order valence-corrected chi connectivity index (χ1v) is 13.0. The number of hydrogen-bond donors (Lipinski definition) is 2. The molecule has 2 aromatic carbocycles. The molecule has 0 saturated heterocycles. The molecule has 180 valence electrons. The molecule has 6 nitrogen and oxygen atoms in total. The Hall–Kier alpha value is -2.24. The summed E-state index contributed by atoms with van der Waals surface area (Å²) in [5.74, 6) is -0.0819. The third-order valence-electron chi connectivity index (χ3n) is 4.48. The van der Waals surface area contributed by atoms with Gasteiger partial charge in [-0.05, 0) is 63.3 Å². The Kier molecular flexibility index (Phi) is 10.5. The maximum Gasteiger partial charge on any atom is 0.406 e. The van der Waals surface area contributed by atoms with Crippen molar-refractivity contribution in [1.82, 2.24) is 5.09 Å². The number of benzene rings is 2. The van der Waals surface area contributed by atoms with Crippen LogP contribution in [0.3, 0.4) is 0 Å². The highest BCUT2D eigenvalue weighted by Gasteiger charge is 2.34. The van der Waals surface area contributed by atoms with Gasteiger partial charge in [0.25, 0.3) is 0 Å². The van der Waals surface area contributed by atoms with Gasteiger partial charge in [0, 0.05) is 5.69 Å². The van der Waals surface area contributed by atoms with Gasteiger partial charge in [0.15, 0.2) is 0 Å². The standard InChI is InChI=1S/C26H37N2O4P/c1-19(2)18-25(28-33(30,31-20(3)4)32-21(5)6)26(29)27-24-16-14-23(15-17-24)13-12-22-10-8-7-9-11-22/h7-17,19-21,25H,18H2,1-6H3,(H,27,29)(H,28,30)/b13-12+/t25-/m0/s1. The lowest BCUT2D eigenvalue weighted by Gasteiger charge is -2.28. The Bertz CT molecular complexity index is 927. The second-order valence-corrected chi connectivity index (χ2v) is 10.6. The third kappa shape index (κ3) is 10.1. The molecule has 0 fully saturated rings. The molecule has 2 aromatic rings. The Morgan fingerprint density at radius 3 is 1.85 bits per heavy atom. The van der Waals surface area contributed by atoms with E-state index in [1.165, 1.54) is 0 Å². The average Bonchev–Trinajstić information content (AvgIpc) is 2.72. The van der Waals surface area contributed by atoms with Crippen molar-refractivity contribution in [2.45, 2.75) is 66.2 Å². The molecule has 0 spiro atoms. The molecule has 7 heteroatoms. The molecule has 0 aliphatic rings. The third-order valence-corrected chi connectivity index (χ3v) is 6.51. The number of carbonyl (C=O) groups excluding carboxylic acids is 1. The molecule has 0 aliphatic carbocycles. The quantitative estimate of drug-likeness (QED) is 0.264. The summed E-state index contributed by atoms with van der Waals surface area (Å²) >= 11 is 0. The van der Waals surface area contributed by atoms with Crippen LogP contribution >= 0.6 is 7.75 Å². The fourth-order valence-electron chi connectivity index (χ4n) is 3.18. The number of nitrogens with one attached hydrogen (secondary N) is 2. The number of hydrogen-bond acceptors (Lipinski definition) is 4. The molecule has 0 aliphatic heterocycles. The van der Waals surface area contributed by atoms with Crippen molar-refractivity contribution in [2.75, 3.05) is 5.32 Å². The lowest BCUT2D eigenvalue weighted by atomic mass is 10.0. The lowest BCUT2D eigenvalue weighted by molar-refractivity contribution is -0.118. The van der Waals surface area contributed by atoms with Crippen LogP contribution in [0.15, 0.2) is 54.6 Å². The summed E-state index contributed by atoms with van der Waals surface area (Å²) in [6, 6.07) is 16.9. The molecule has 33 heavy (non-hydrogen) atoms. The molecule has 0 radical (unpaired) electrons. The van der Waals surface area contributed by atoms with Crippen LogP contribution in [-0.4, -0.2) is 24.2 Å². The van der Waals surface area contributed by atoms with E-state index in [9.17, 15) is 9.36 Å². The van der Waals surface area contributed by atoms with Crippen molar-refractivity contribution in [2.24, 2.45) is 5.92 Å². The van der Waals surface area contributed by atoms with Crippen molar-refractivity contribution in [1.29, 1.82) is 0 Å². The summed E-state index contributed by atoms with van der Waals surface area (Å²) in [5.41, 5.74) is 2.81. The summed E-state index contributed by atoms with van der Waals surface area (Å²) in [7, 11) is -3.67. The molecular formula is C26H37N2O4P. The second-order valence-electron chi connectivity index (χ2n) is 8.97. The highest BCUT2D eigenvalue weighted by atomic mass is 31.2. The zero-order chi connectivity index (χ0) is 24.4. The summed E-state index contributed by atoms with van der Waals surface area (Å²) in [6.45, 7) is 11.1. The maximum absolute atomic E-state index is 13.3. The van der Waals surface area contributed by atoms with Gasteiger partial charge in [-0.15, -0.1) is 0 Å². The predicted octanol–water partition coefficient (Wildman–Crippen LogP) is 6.76. The topological polar surface area (TPSA) is 76.7 Å². The summed E-state index contributed by atoms with van der Waals surface area (Å²) in [4.78, 5) is 13.1. The average molecular weight is 473 g/mol. The van der Waals surface area contributed by atoms with Gasteiger partial charge in [-0.25, -0.2) is 9.65 Å². The lowest BCUT2D eigenvalue weighted by Crippen LogP contribution is -2.41. The van der Waals surface area contributed by atoms with Crippen molar-refractivity contribution >= 4 is 31.5 Å². The molecule has 0 unspecified atom stereocenters. The number of amides is 1. The molecule has 2 rings (SSSR count). The van der Waals surface area contributed by atoms with E-state index >= 15 is 0 Å². The van der Waals surface area contributed by atoms with Crippen molar-refractivity contribution in [3.05, 3.63) is 65.7 Å². The van der Waals surface area contributed by atoms with Crippen LogP contribution in [-0.2, 0) is 18.4 Å². The molecule has 0 heterocycles. The molecule has 1 atom stereocenters. The van der Waals surface area contributed by atoms with Crippen LogP contribution in [0.4, 0.5) is 5.69 Å². The molecule has 0 aromatic heterocycles. The Balaban J connectivity index is 2.10. The molecule has 0 saturated carbocycles. The van der Waals surface area contributed by atoms with Gasteiger partial charge in [0.05, 0.1) is 18.2 Å². The van der Waals surface area contributed by atoms with E-state index in [0.717, 1.165) is 11.1 Å². The van der Waals surface area contributed by atoms with Gasteiger partial charge in [-0.3, -0.25) is 13.8 Å². The van der Waals surface area contributed by atoms with Gasteiger partial charge in [0.1, 0.15) is 0 Å². The van der Waals surface area contributed by atoms with Crippen LogP contribution < -0.4 is 10.4 Å². The van der Waals surface area contributed by atoms with Gasteiger partial charge in [-0.1, -0.05) is 68.5 Å². The smallest absolute Gasteiger partial charge is 0.325 e. The van der Waals surface area contributed by atoms with Crippen LogP contribution in [0.5, 0.6) is 0 Å². The van der Waals surface area contributed by atoms with Crippen LogP contribution in [0.25, 0.3) is 12.2 Å². The summed E-state index contributed by atoms with van der Waals surface area (Å²) in [6.07, 6.45) is 3.91.